The molecule has 2 aliphatic carbocycles. The summed E-state index contributed by atoms with van der Waals surface area (Å²) in [6.07, 6.45) is 0. The molecule has 0 aliphatic heterocycles. The highest BCUT2D eigenvalue weighted by Crippen LogP contribution is 2.65. The molecule has 0 saturated carbocycles. The van der Waals surface area contributed by atoms with Gasteiger partial charge in [-0.05, 0) is 130 Å². The van der Waals surface area contributed by atoms with Gasteiger partial charge in [-0.25, -0.2) is 0 Å². The van der Waals surface area contributed by atoms with Crippen molar-refractivity contribution in [3.63, 3.8) is 0 Å². The molecule has 0 N–H and O–H groups in total. The quantitative estimate of drug-likeness (QED) is 0.160. The summed E-state index contributed by atoms with van der Waals surface area (Å²) in [6.45, 7) is 0. The van der Waals surface area contributed by atoms with E-state index in [1.165, 1.54) is 88.0 Å². The van der Waals surface area contributed by atoms with Crippen molar-refractivity contribution in [1.82, 2.24) is 0 Å². The van der Waals surface area contributed by atoms with Crippen molar-refractivity contribution >= 4 is 71.3 Å². The zero-order valence-corrected chi connectivity index (χ0v) is 37.5. The first-order valence-corrected chi connectivity index (χ1v) is 23.9. The van der Waals surface area contributed by atoms with Crippen LogP contribution in [-0.4, -0.2) is 0 Å². The molecule has 2 aliphatic rings. The van der Waals surface area contributed by atoms with Crippen molar-refractivity contribution in [2.45, 2.75) is 5.41 Å². The Hall–Kier alpha value is -8.98. The van der Waals surface area contributed by atoms with Gasteiger partial charge in [0, 0.05) is 27.6 Å². The normalized spacial score (nSPS) is 13.0. The maximum atomic E-state index is 6.70. The molecule has 1 spiro atoms. The van der Waals surface area contributed by atoms with Gasteiger partial charge in [0.25, 0.3) is 0 Å². The van der Waals surface area contributed by atoms with Crippen LogP contribution in [0.15, 0.2) is 253 Å². The summed E-state index contributed by atoms with van der Waals surface area (Å²) in [5.41, 5.74) is 19.6. The second-order valence-corrected chi connectivity index (χ2v) is 18.6. The Bertz CT molecular complexity index is 4220. The molecular formula is C67H41NO. The van der Waals surface area contributed by atoms with Crippen molar-refractivity contribution in [1.29, 1.82) is 0 Å². The molecule has 0 saturated heterocycles. The van der Waals surface area contributed by atoms with Crippen molar-refractivity contribution in [2.75, 3.05) is 4.90 Å². The van der Waals surface area contributed by atoms with Crippen LogP contribution in [0.5, 0.6) is 0 Å². The summed E-state index contributed by atoms with van der Waals surface area (Å²) in [6, 6.07) is 91.9. The average molecular weight is 876 g/mol. The average Bonchev–Trinajstić information content (AvgIpc) is 4.04. The van der Waals surface area contributed by atoms with Crippen molar-refractivity contribution in [2.24, 2.45) is 0 Å². The van der Waals surface area contributed by atoms with Gasteiger partial charge >= 0.3 is 0 Å². The van der Waals surface area contributed by atoms with E-state index in [0.29, 0.717) is 0 Å². The Labute approximate surface area is 399 Å². The van der Waals surface area contributed by atoms with Gasteiger partial charge in [0.15, 0.2) is 0 Å². The predicted octanol–water partition coefficient (Wildman–Crippen LogP) is 18.2. The number of hydrogen-bond acceptors (Lipinski definition) is 2. The zero-order chi connectivity index (χ0) is 45.2. The minimum Gasteiger partial charge on any atom is -0.456 e. The number of furan rings is 1. The van der Waals surface area contributed by atoms with Crippen molar-refractivity contribution in [3.05, 3.63) is 271 Å². The van der Waals surface area contributed by atoms with Gasteiger partial charge in [-0.15, -0.1) is 0 Å². The monoisotopic (exact) mass is 875 g/mol. The Morgan fingerprint density at radius 1 is 0.304 bits per heavy atom. The molecule has 0 amide bonds. The van der Waals surface area contributed by atoms with E-state index in [-0.39, 0.29) is 0 Å². The first-order chi connectivity index (χ1) is 34.2. The van der Waals surface area contributed by atoms with Crippen LogP contribution < -0.4 is 4.90 Å². The Morgan fingerprint density at radius 3 is 1.64 bits per heavy atom. The summed E-state index contributed by atoms with van der Waals surface area (Å²) in [5.74, 6) is 0. The summed E-state index contributed by atoms with van der Waals surface area (Å²) in [4.78, 5) is 2.52. The van der Waals surface area contributed by atoms with E-state index in [0.717, 1.165) is 50.1 Å². The third-order valence-electron chi connectivity index (χ3n) is 15.3. The van der Waals surface area contributed by atoms with E-state index in [4.69, 9.17) is 4.42 Å². The van der Waals surface area contributed by atoms with Gasteiger partial charge in [0.2, 0.25) is 0 Å². The number of anilines is 3. The first kappa shape index (κ1) is 38.2. The molecule has 15 rings (SSSR count). The van der Waals surface area contributed by atoms with Gasteiger partial charge < -0.3 is 9.32 Å². The number of para-hydroxylation sites is 1. The van der Waals surface area contributed by atoms with Gasteiger partial charge in [-0.1, -0.05) is 206 Å². The van der Waals surface area contributed by atoms with Crippen LogP contribution in [0.2, 0.25) is 0 Å². The standard InChI is InChI=1S/C67H41NO/c1-2-18-45-41-64-56(40-44(45)17-1)65-54(26-14-33-63(65)69-64)53-22-8-12-31-61(53)68(46-37-34-43(35-38-46)48-24-13-25-49-47-19-4-3-16-42(47)36-39-50(48)49)62-32-15-30-60-66(62)55-23-7-11-29-59(55)67(60)57-27-9-5-20-51(57)52-21-6-10-28-58(52)67/h1-41H. The zero-order valence-electron chi connectivity index (χ0n) is 37.5. The predicted molar refractivity (Wildman–Crippen MR) is 288 cm³/mol. The molecule has 320 valence electrons. The van der Waals surface area contributed by atoms with Crippen LogP contribution in [0, 0.1) is 0 Å². The molecule has 0 unspecified atom stereocenters. The number of benzene rings is 12. The SMILES string of the molecule is c1ccc(N(c2ccc(-c3cccc4c3ccc3ccccc34)cc2)c2cccc3c2-c2ccccc2C32c3ccccc3-c3ccccc32)c(-c2cccc3oc4cc5ccccc5cc4c23)c1. The molecule has 69 heavy (non-hydrogen) atoms. The largest absolute Gasteiger partial charge is 0.456 e. The number of nitrogens with zero attached hydrogens (tertiary/aromatic N) is 1. The molecule has 0 atom stereocenters. The van der Waals surface area contributed by atoms with Crippen LogP contribution in [0.1, 0.15) is 22.3 Å². The first-order valence-electron chi connectivity index (χ1n) is 23.9. The molecule has 2 nitrogen and oxygen atoms in total. The lowest BCUT2D eigenvalue weighted by Gasteiger charge is -2.32. The Kier molecular flexibility index (Phi) is 8.02. The van der Waals surface area contributed by atoms with Gasteiger partial charge in [-0.2, -0.15) is 0 Å². The molecular weight excluding hydrogens is 835 g/mol. The summed E-state index contributed by atoms with van der Waals surface area (Å²) in [7, 11) is 0. The van der Waals surface area contributed by atoms with Crippen LogP contribution in [0.3, 0.4) is 0 Å². The molecule has 0 bridgehead atoms. The molecule has 0 radical (unpaired) electrons. The van der Waals surface area contributed by atoms with E-state index in [9.17, 15) is 0 Å². The second-order valence-electron chi connectivity index (χ2n) is 18.6. The van der Waals surface area contributed by atoms with Gasteiger partial charge in [-0.3, -0.25) is 0 Å². The summed E-state index contributed by atoms with van der Waals surface area (Å²) >= 11 is 0. The number of rotatable bonds is 5. The van der Waals surface area contributed by atoms with E-state index >= 15 is 0 Å². The molecule has 1 aromatic heterocycles. The Morgan fingerprint density at radius 2 is 0.855 bits per heavy atom. The van der Waals surface area contributed by atoms with Crippen molar-refractivity contribution in [3.8, 4) is 44.5 Å². The highest BCUT2D eigenvalue weighted by atomic mass is 16.3. The topological polar surface area (TPSA) is 16.4 Å². The number of hydrogen-bond donors (Lipinski definition) is 0. The molecule has 1 heterocycles. The van der Waals surface area contributed by atoms with E-state index in [2.05, 4.69) is 254 Å². The lowest BCUT2D eigenvalue weighted by Crippen LogP contribution is -2.26. The lowest BCUT2D eigenvalue weighted by molar-refractivity contribution is 0.669. The smallest absolute Gasteiger partial charge is 0.136 e. The fourth-order valence-corrected chi connectivity index (χ4v) is 12.4. The van der Waals surface area contributed by atoms with Crippen LogP contribution in [0.4, 0.5) is 17.1 Å². The fraction of sp³-hybridized carbons (Fsp3) is 0.0149. The fourth-order valence-electron chi connectivity index (χ4n) is 12.4. The third kappa shape index (κ3) is 5.31. The van der Waals surface area contributed by atoms with Crippen molar-refractivity contribution < 1.29 is 4.42 Å². The molecule has 2 heteroatoms. The minimum absolute atomic E-state index is 0.479. The third-order valence-corrected chi connectivity index (χ3v) is 15.3. The molecule has 13 aromatic rings. The van der Waals surface area contributed by atoms with E-state index < -0.39 is 5.41 Å². The molecule has 12 aromatic carbocycles. The highest BCUT2D eigenvalue weighted by molar-refractivity contribution is 6.17. The van der Waals surface area contributed by atoms with Crippen LogP contribution >= 0.6 is 0 Å². The Balaban J connectivity index is 0.995. The highest BCUT2D eigenvalue weighted by Gasteiger charge is 2.52. The van der Waals surface area contributed by atoms with Gasteiger partial charge in [0.05, 0.1) is 16.8 Å². The second kappa shape index (κ2) is 14.5. The van der Waals surface area contributed by atoms with Gasteiger partial charge in [0.1, 0.15) is 11.2 Å². The maximum absolute atomic E-state index is 6.70. The molecule has 0 fully saturated rings. The van der Waals surface area contributed by atoms with E-state index in [1.807, 2.05) is 0 Å². The van der Waals surface area contributed by atoms with Crippen LogP contribution in [-0.2, 0) is 5.41 Å². The summed E-state index contributed by atoms with van der Waals surface area (Å²) in [5, 5.41) is 9.63. The van der Waals surface area contributed by atoms with Crippen LogP contribution in [0.25, 0.3) is 98.8 Å². The minimum atomic E-state index is -0.479. The number of fused-ring (bicyclic) bond motifs is 17. The van der Waals surface area contributed by atoms with E-state index in [1.54, 1.807) is 0 Å². The summed E-state index contributed by atoms with van der Waals surface area (Å²) < 4.78 is 6.70. The lowest BCUT2D eigenvalue weighted by atomic mass is 9.70. The maximum Gasteiger partial charge on any atom is 0.136 e.